The highest BCUT2D eigenvalue weighted by molar-refractivity contribution is 9.10. The van der Waals surface area contributed by atoms with Crippen LogP contribution in [0.25, 0.3) is 6.20 Å². The zero-order valence-electron chi connectivity index (χ0n) is 12.6. The van der Waals surface area contributed by atoms with Crippen LogP contribution in [0.3, 0.4) is 0 Å². The smallest absolute Gasteiger partial charge is 0.148 e. The molecule has 2 aliphatic rings. The maximum absolute atomic E-state index is 4.77. The van der Waals surface area contributed by atoms with Crippen molar-refractivity contribution in [1.29, 1.82) is 0 Å². The molecule has 0 N–H and O–H groups in total. The summed E-state index contributed by atoms with van der Waals surface area (Å²) in [5.74, 6) is 0. The molecule has 1 unspecified atom stereocenters. The van der Waals surface area contributed by atoms with E-state index < -0.39 is 0 Å². The molecule has 0 amide bonds. The third kappa shape index (κ3) is 2.72. The summed E-state index contributed by atoms with van der Waals surface area (Å²) >= 11 is 6.98. The molecule has 2 aliphatic heterocycles. The summed E-state index contributed by atoms with van der Waals surface area (Å²) in [6.45, 7) is 0.713. The Labute approximate surface area is 150 Å². The van der Waals surface area contributed by atoms with Crippen LogP contribution in [-0.4, -0.2) is 31.7 Å². The normalized spacial score (nSPS) is 18.4. The van der Waals surface area contributed by atoms with Gasteiger partial charge in [0.15, 0.2) is 0 Å². The van der Waals surface area contributed by atoms with Crippen molar-refractivity contribution in [3.05, 3.63) is 44.9 Å². The first kappa shape index (κ1) is 15.3. The summed E-state index contributed by atoms with van der Waals surface area (Å²) in [7, 11) is 2.07. The van der Waals surface area contributed by atoms with E-state index in [9.17, 15) is 0 Å². The van der Waals surface area contributed by atoms with E-state index in [2.05, 4.69) is 50.1 Å². The maximum Gasteiger partial charge on any atom is 0.148 e. The number of thioether (sulfide) groups is 2. The van der Waals surface area contributed by atoms with Crippen molar-refractivity contribution in [3.63, 3.8) is 0 Å². The molecule has 0 fully saturated rings. The summed E-state index contributed by atoms with van der Waals surface area (Å²) in [5, 5.41) is 7.69. The van der Waals surface area contributed by atoms with Crippen molar-refractivity contribution in [1.82, 2.24) is 14.6 Å². The number of aromatic nitrogens is 2. The van der Waals surface area contributed by atoms with E-state index in [0.717, 1.165) is 21.0 Å². The van der Waals surface area contributed by atoms with Crippen molar-refractivity contribution in [2.24, 2.45) is 17.1 Å². The third-order valence-corrected chi connectivity index (χ3v) is 6.55. The minimum absolute atomic E-state index is 0.261. The van der Waals surface area contributed by atoms with Gasteiger partial charge in [0.05, 0.1) is 23.0 Å². The first-order valence-electron chi connectivity index (χ1n) is 7.04. The monoisotopic (exact) mass is 407 g/mol. The van der Waals surface area contributed by atoms with Crippen molar-refractivity contribution < 1.29 is 0 Å². The molecular formula is C15H14BrN5S2. The molecule has 5 nitrogen and oxygen atoms in total. The van der Waals surface area contributed by atoms with Crippen molar-refractivity contribution in [2.75, 3.05) is 6.26 Å². The number of hydrazone groups is 1. The van der Waals surface area contributed by atoms with E-state index in [1.54, 1.807) is 18.0 Å². The fraction of sp³-hybridized carbons (Fsp3) is 0.267. The van der Waals surface area contributed by atoms with Crippen LogP contribution in [-0.2, 0) is 13.6 Å². The van der Waals surface area contributed by atoms with Crippen LogP contribution in [0.2, 0.25) is 0 Å². The molecular weight excluding hydrogens is 394 g/mol. The quantitative estimate of drug-likeness (QED) is 0.731. The summed E-state index contributed by atoms with van der Waals surface area (Å²) in [5.41, 5.74) is 3.41. The van der Waals surface area contributed by atoms with Crippen LogP contribution in [0, 0.1) is 0 Å². The zero-order valence-corrected chi connectivity index (χ0v) is 15.8. The maximum atomic E-state index is 4.77. The molecule has 0 radical (unpaired) electrons. The molecule has 4 rings (SSSR count). The number of nitrogens with zero attached hydrogens (tertiary/aromatic N) is 5. The number of rotatable bonds is 3. The van der Waals surface area contributed by atoms with Gasteiger partial charge in [0.1, 0.15) is 14.8 Å². The second-order valence-electron chi connectivity index (χ2n) is 5.26. The molecule has 0 saturated heterocycles. The lowest BCUT2D eigenvalue weighted by Crippen LogP contribution is -2.29. The van der Waals surface area contributed by atoms with Crippen molar-refractivity contribution in [2.45, 2.75) is 16.1 Å². The van der Waals surface area contributed by atoms with Gasteiger partial charge in [-0.3, -0.25) is 5.01 Å². The lowest BCUT2D eigenvalue weighted by molar-refractivity contribution is 0.427. The minimum atomic E-state index is 0.261. The Morgan fingerprint density at radius 3 is 3.09 bits per heavy atom. The highest BCUT2D eigenvalue weighted by Gasteiger charge is 2.25. The van der Waals surface area contributed by atoms with Gasteiger partial charge in [0.2, 0.25) is 0 Å². The fourth-order valence-corrected chi connectivity index (χ4v) is 4.90. The second-order valence-corrected chi connectivity index (χ2v) is 8.38. The van der Waals surface area contributed by atoms with E-state index >= 15 is 0 Å². The number of pyridine rings is 1. The molecule has 0 bridgehead atoms. The van der Waals surface area contributed by atoms with Gasteiger partial charge in [0, 0.05) is 25.0 Å². The van der Waals surface area contributed by atoms with Crippen LogP contribution >= 0.6 is 39.5 Å². The number of hydrogen-bond acceptors (Lipinski definition) is 6. The number of halogens is 1. The Bertz CT molecular complexity index is 921. The molecule has 0 aromatic carbocycles. The average Bonchev–Trinajstić information content (AvgIpc) is 3.07. The molecule has 118 valence electrons. The van der Waals surface area contributed by atoms with Gasteiger partial charge in [-0.25, -0.2) is 9.98 Å². The SMILES string of the molecule is CSC1N=c2c(c3c(n2C)=CN(Cc2ccnc(Br)c2)N=C3)S1. The van der Waals surface area contributed by atoms with Crippen molar-refractivity contribution >= 4 is 51.9 Å². The standard InChI is InChI=1S/C15H14BrN5S2/c1-20-11-8-21(7-9-3-4-17-12(16)5-9)18-6-10(11)13-14(20)19-15(22-2)23-13/h3-6,8,15H,7H2,1-2H3. The van der Waals surface area contributed by atoms with Gasteiger partial charge in [-0.15, -0.1) is 11.8 Å². The molecule has 8 heteroatoms. The van der Waals surface area contributed by atoms with Gasteiger partial charge in [-0.1, -0.05) is 11.8 Å². The third-order valence-electron chi connectivity index (χ3n) is 3.79. The molecule has 0 spiro atoms. The molecule has 4 heterocycles. The molecule has 0 saturated carbocycles. The highest BCUT2D eigenvalue weighted by Crippen LogP contribution is 2.33. The molecule has 23 heavy (non-hydrogen) atoms. The molecule has 2 aromatic rings. The van der Waals surface area contributed by atoms with Gasteiger partial charge < -0.3 is 4.57 Å². The van der Waals surface area contributed by atoms with Crippen LogP contribution in [0.1, 0.15) is 11.1 Å². The Morgan fingerprint density at radius 1 is 1.43 bits per heavy atom. The fourth-order valence-electron chi connectivity index (χ4n) is 2.67. The van der Waals surface area contributed by atoms with E-state index in [-0.39, 0.29) is 4.71 Å². The summed E-state index contributed by atoms with van der Waals surface area (Å²) in [6, 6.07) is 4.01. The largest absolute Gasteiger partial charge is 0.327 e. The Morgan fingerprint density at radius 2 is 2.30 bits per heavy atom. The second kappa shape index (κ2) is 5.99. The van der Waals surface area contributed by atoms with Crippen molar-refractivity contribution in [3.8, 4) is 0 Å². The van der Waals surface area contributed by atoms with Gasteiger partial charge >= 0.3 is 0 Å². The summed E-state index contributed by atoms with van der Waals surface area (Å²) < 4.78 is 3.26. The average molecular weight is 408 g/mol. The summed E-state index contributed by atoms with van der Waals surface area (Å²) in [4.78, 5) is 10.2. The molecule has 0 aliphatic carbocycles. The lowest BCUT2D eigenvalue weighted by atomic mass is 10.2. The zero-order chi connectivity index (χ0) is 16.0. The first-order valence-corrected chi connectivity index (χ1v) is 10.0. The number of hydrogen-bond donors (Lipinski definition) is 0. The van der Waals surface area contributed by atoms with E-state index in [1.165, 1.54) is 10.5 Å². The predicted octanol–water partition coefficient (Wildman–Crippen LogP) is 2.14. The number of fused-ring (bicyclic) bond motifs is 3. The van der Waals surface area contributed by atoms with Gasteiger partial charge in [0.25, 0.3) is 0 Å². The van der Waals surface area contributed by atoms with Gasteiger partial charge in [-0.2, -0.15) is 5.10 Å². The van der Waals surface area contributed by atoms with Crippen LogP contribution < -0.4 is 10.8 Å². The molecule has 1 atom stereocenters. The minimum Gasteiger partial charge on any atom is -0.327 e. The van der Waals surface area contributed by atoms with Crippen LogP contribution in [0.4, 0.5) is 0 Å². The Kier molecular flexibility index (Phi) is 3.98. The summed E-state index contributed by atoms with van der Waals surface area (Å²) in [6.07, 6.45) is 7.93. The molecule has 2 aromatic heterocycles. The Hall–Kier alpha value is -1.25. The van der Waals surface area contributed by atoms with E-state index in [0.29, 0.717) is 6.54 Å². The first-order chi connectivity index (χ1) is 11.2. The topological polar surface area (TPSA) is 45.8 Å². The van der Waals surface area contributed by atoms with Crippen LogP contribution in [0.15, 0.2) is 37.9 Å². The van der Waals surface area contributed by atoms with E-state index in [1.807, 2.05) is 35.1 Å². The highest BCUT2D eigenvalue weighted by atomic mass is 79.9. The van der Waals surface area contributed by atoms with E-state index in [4.69, 9.17) is 4.99 Å². The van der Waals surface area contributed by atoms with Gasteiger partial charge in [-0.05, 0) is 39.9 Å². The Balaban J connectivity index is 1.70. The van der Waals surface area contributed by atoms with Crippen LogP contribution in [0.5, 0.6) is 0 Å². The lowest BCUT2D eigenvalue weighted by Gasteiger charge is -2.17. The predicted molar refractivity (Wildman–Crippen MR) is 98.9 cm³/mol.